The van der Waals surface area contributed by atoms with E-state index in [9.17, 15) is 13.6 Å². The fourth-order valence-corrected chi connectivity index (χ4v) is 3.39. The lowest BCUT2D eigenvalue weighted by Crippen LogP contribution is -2.40. The number of hydrogen-bond donors (Lipinski definition) is 1. The lowest BCUT2D eigenvalue weighted by molar-refractivity contribution is -0.154. The van der Waals surface area contributed by atoms with Crippen LogP contribution in [-0.2, 0) is 9.57 Å². The van der Waals surface area contributed by atoms with Gasteiger partial charge in [-0.15, -0.1) is 5.06 Å². The molecule has 10 heteroatoms. The zero-order valence-corrected chi connectivity index (χ0v) is 18.8. The summed E-state index contributed by atoms with van der Waals surface area (Å²) in [6.45, 7) is 7.37. The number of carbonyl (C=O) groups excluding carboxylic acids is 1. The third-order valence-corrected chi connectivity index (χ3v) is 4.94. The Morgan fingerprint density at radius 1 is 1.22 bits per heavy atom. The Balaban J connectivity index is 1.51. The molecule has 0 amide bonds. The standard InChI is InChI=1S/C22H29F2N5O3/c1-22(2,3)31-21(30)32-29-9-7-15(8-10-29)13-28(4)20-12-19(25-14-26-20)27-18-6-5-16(23)11-17(18)24/h5-6,11-12,14-15H,7-10,13H2,1-4H3,(H,25,26,27). The maximum absolute atomic E-state index is 13.9. The number of piperidine rings is 1. The van der Waals surface area contributed by atoms with E-state index in [0.29, 0.717) is 30.6 Å². The van der Waals surface area contributed by atoms with E-state index in [1.54, 1.807) is 31.9 Å². The van der Waals surface area contributed by atoms with E-state index in [2.05, 4.69) is 15.3 Å². The number of hydrogen-bond acceptors (Lipinski definition) is 8. The van der Waals surface area contributed by atoms with Crippen LogP contribution in [0.25, 0.3) is 0 Å². The molecule has 0 saturated carbocycles. The molecule has 1 aromatic carbocycles. The first kappa shape index (κ1) is 23.6. The fraction of sp³-hybridized carbons (Fsp3) is 0.500. The average molecular weight is 450 g/mol. The van der Waals surface area contributed by atoms with Gasteiger partial charge in [0.15, 0.2) is 0 Å². The van der Waals surface area contributed by atoms with Crippen molar-refractivity contribution in [1.82, 2.24) is 15.0 Å². The van der Waals surface area contributed by atoms with Crippen LogP contribution < -0.4 is 10.2 Å². The predicted octanol–water partition coefficient (Wildman–Crippen LogP) is 4.51. The van der Waals surface area contributed by atoms with Crippen LogP contribution in [0, 0.1) is 17.6 Å². The topological polar surface area (TPSA) is 79.8 Å². The normalized spacial score (nSPS) is 15.3. The second-order valence-electron chi connectivity index (χ2n) is 8.82. The van der Waals surface area contributed by atoms with Gasteiger partial charge in [-0.1, -0.05) is 0 Å². The van der Waals surface area contributed by atoms with Crippen LogP contribution in [-0.4, -0.2) is 53.5 Å². The Kier molecular flexibility index (Phi) is 7.44. The Hall–Kier alpha value is -3.01. The molecule has 2 heterocycles. The summed E-state index contributed by atoms with van der Waals surface area (Å²) in [7, 11) is 1.92. The van der Waals surface area contributed by atoms with Gasteiger partial charge in [-0.3, -0.25) is 0 Å². The summed E-state index contributed by atoms with van der Waals surface area (Å²) in [5.74, 6) is 0.141. The fourth-order valence-electron chi connectivity index (χ4n) is 3.39. The second-order valence-corrected chi connectivity index (χ2v) is 8.82. The lowest BCUT2D eigenvalue weighted by atomic mass is 9.97. The Morgan fingerprint density at radius 3 is 2.59 bits per heavy atom. The van der Waals surface area contributed by atoms with Crippen molar-refractivity contribution in [3.63, 3.8) is 0 Å². The highest BCUT2D eigenvalue weighted by atomic mass is 19.1. The summed E-state index contributed by atoms with van der Waals surface area (Å²) in [5.41, 5.74) is -0.456. The summed E-state index contributed by atoms with van der Waals surface area (Å²) in [5, 5.41) is 4.49. The molecule has 32 heavy (non-hydrogen) atoms. The van der Waals surface area contributed by atoms with Gasteiger partial charge >= 0.3 is 6.16 Å². The molecule has 1 aliphatic heterocycles. The van der Waals surface area contributed by atoms with E-state index in [0.717, 1.165) is 25.5 Å². The predicted molar refractivity (Wildman–Crippen MR) is 117 cm³/mol. The van der Waals surface area contributed by atoms with Gasteiger partial charge in [0.1, 0.15) is 35.2 Å². The summed E-state index contributed by atoms with van der Waals surface area (Å²) in [4.78, 5) is 27.5. The minimum Gasteiger partial charge on any atom is -0.427 e. The number of halogens is 2. The van der Waals surface area contributed by atoms with Crippen molar-refractivity contribution in [3.05, 3.63) is 42.2 Å². The molecule has 1 aliphatic rings. The molecule has 0 unspecified atom stereocenters. The minimum atomic E-state index is -0.695. The van der Waals surface area contributed by atoms with Gasteiger partial charge in [0.05, 0.1) is 5.69 Å². The highest BCUT2D eigenvalue weighted by Crippen LogP contribution is 2.24. The van der Waals surface area contributed by atoms with E-state index in [1.165, 1.54) is 18.5 Å². The van der Waals surface area contributed by atoms with Crippen LogP contribution in [0.3, 0.4) is 0 Å². The molecule has 1 fully saturated rings. The van der Waals surface area contributed by atoms with Gasteiger partial charge in [-0.25, -0.2) is 23.5 Å². The molecule has 2 aromatic rings. The zero-order valence-electron chi connectivity index (χ0n) is 18.8. The van der Waals surface area contributed by atoms with Crippen molar-refractivity contribution in [2.75, 3.05) is 36.9 Å². The smallest absolute Gasteiger partial charge is 0.427 e. The van der Waals surface area contributed by atoms with Crippen LogP contribution in [0.15, 0.2) is 30.6 Å². The number of aromatic nitrogens is 2. The average Bonchev–Trinajstić information content (AvgIpc) is 2.70. The molecule has 8 nitrogen and oxygen atoms in total. The van der Waals surface area contributed by atoms with E-state index >= 15 is 0 Å². The number of carbonyl (C=O) groups is 1. The second kappa shape index (κ2) is 10.1. The first-order valence-corrected chi connectivity index (χ1v) is 10.5. The number of hydroxylamine groups is 2. The summed E-state index contributed by atoms with van der Waals surface area (Å²) in [6, 6.07) is 5.03. The molecule has 0 spiro atoms. The molecule has 1 N–H and O–H groups in total. The molecular weight excluding hydrogens is 420 g/mol. The van der Waals surface area contributed by atoms with Gasteiger partial charge in [0, 0.05) is 38.8 Å². The third-order valence-electron chi connectivity index (χ3n) is 4.94. The SMILES string of the molecule is CN(CC1CCN(OC(=O)OC(C)(C)C)CC1)c1cc(Nc2ccc(F)cc2F)ncn1. The monoisotopic (exact) mass is 449 g/mol. The maximum atomic E-state index is 13.9. The summed E-state index contributed by atoms with van der Waals surface area (Å²) < 4.78 is 32.2. The number of rotatable bonds is 6. The van der Waals surface area contributed by atoms with Crippen LogP contribution in [0.5, 0.6) is 0 Å². The van der Waals surface area contributed by atoms with Crippen molar-refractivity contribution >= 4 is 23.5 Å². The molecule has 1 saturated heterocycles. The maximum Gasteiger partial charge on any atom is 0.528 e. The van der Waals surface area contributed by atoms with E-state index in [-0.39, 0.29) is 5.69 Å². The highest BCUT2D eigenvalue weighted by Gasteiger charge is 2.26. The molecule has 0 radical (unpaired) electrons. The Labute approximate surface area is 186 Å². The van der Waals surface area contributed by atoms with Crippen molar-refractivity contribution in [1.29, 1.82) is 0 Å². The molecule has 174 valence electrons. The lowest BCUT2D eigenvalue weighted by Gasteiger charge is -2.33. The summed E-state index contributed by atoms with van der Waals surface area (Å²) >= 11 is 0. The van der Waals surface area contributed by atoms with Gasteiger partial charge in [0.2, 0.25) is 0 Å². The highest BCUT2D eigenvalue weighted by molar-refractivity contribution is 5.60. The van der Waals surface area contributed by atoms with Gasteiger partial charge in [0.25, 0.3) is 0 Å². The van der Waals surface area contributed by atoms with Crippen LogP contribution in [0.2, 0.25) is 0 Å². The van der Waals surface area contributed by atoms with Crippen molar-refractivity contribution in [3.8, 4) is 0 Å². The molecule has 1 aromatic heterocycles. The van der Waals surface area contributed by atoms with Crippen molar-refractivity contribution in [2.24, 2.45) is 5.92 Å². The zero-order chi connectivity index (χ0) is 23.3. The van der Waals surface area contributed by atoms with Gasteiger partial charge in [-0.2, -0.15) is 0 Å². The number of nitrogens with zero attached hydrogens (tertiary/aromatic N) is 4. The first-order valence-electron chi connectivity index (χ1n) is 10.5. The van der Waals surface area contributed by atoms with Crippen molar-refractivity contribution in [2.45, 2.75) is 39.2 Å². The third kappa shape index (κ3) is 7.01. The number of nitrogens with one attached hydrogen (secondary N) is 1. The summed E-state index contributed by atoms with van der Waals surface area (Å²) in [6.07, 6.45) is 2.41. The van der Waals surface area contributed by atoms with Gasteiger partial charge < -0.3 is 19.8 Å². The van der Waals surface area contributed by atoms with Crippen molar-refractivity contribution < 1.29 is 23.1 Å². The molecule has 3 rings (SSSR count). The minimum absolute atomic E-state index is 0.135. The molecule has 0 bridgehead atoms. The van der Waals surface area contributed by atoms with Crippen LogP contribution in [0.1, 0.15) is 33.6 Å². The molecular formula is C22H29F2N5O3. The number of ether oxygens (including phenoxy) is 1. The molecule has 0 aliphatic carbocycles. The molecule has 0 atom stereocenters. The number of benzene rings is 1. The van der Waals surface area contributed by atoms with E-state index in [1.807, 2.05) is 11.9 Å². The van der Waals surface area contributed by atoms with Crippen LogP contribution in [0.4, 0.5) is 30.9 Å². The Morgan fingerprint density at radius 2 is 1.94 bits per heavy atom. The first-order chi connectivity index (χ1) is 15.1. The largest absolute Gasteiger partial charge is 0.528 e. The van der Waals surface area contributed by atoms with Gasteiger partial charge in [-0.05, 0) is 51.7 Å². The van der Waals surface area contributed by atoms with E-state index < -0.39 is 23.4 Å². The quantitative estimate of drug-likeness (QED) is 0.645. The van der Waals surface area contributed by atoms with Crippen LogP contribution >= 0.6 is 0 Å². The Bertz CT molecular complexity index is 930. The van der Waals surface area contributed by atoms with E-state index in [4.69, 9.17) is 9.57 Å². The number of anilines is 3.